The molecule has 1 heterocycles. The number of carbonyl (C=O) groups excluding carboxylic acids is 1. The average Bonchev–Trinajstić information content (AvgIpc) is 4.04. The molecule has 2 aliphatic carbocycles. The van der Waals surface area contributed by atoms with Gasteiger partial charge >= 0.3 is 0 Å². The topological polar surface area (TPSA) is 133 Å². The molecule has 0 bridgehead atoms. The van der Waals surface area contributed by atoms with Crippen LogP contribution in [0.5, 0.6) is 5.75 Å². The zero-order valence-electron chi connectivity index (χ0n) is 27.4. The van der Waals surface area contributed by atoms with E-state index >= 15 is 0 Å². The van der Waals surface area contributed by atoms with E-state index in [-0.39, 0.29) is 44.5 Å². The van der Waals surface area contributed by atoms with Gasteiger partial charge in [-0.15, -0.1) is 0 Å². The van der Waals surface area contributed by atoms with E-state index in [1.165, 1.54) is 4.90 Å². The molecule has 11 heteroatoms. The van der Waals surface area contributed by atoms with Gasteiger partial charge in [-0.3, -0.25) is 9.78 Å². The summed E-state index contributed by atoms with van der Waals surface area (Å²) in [6.07, 6.45) is 6.42. The molecule has 0 saturated heterocycles. The van der Waals surface area contributed by atoms with Crippen molar-refractivity contribution in [1.82, 2.24) is 9.88 Å². The van der Waals surface area contributed by atoms with Gasteiger partial charge in [0.15, 0.2) is 0 Å². The maximum atomic E-state index is 12.8. The van der Waals surface area contributed by atoms with Crippen molar-refractivity contribution < 1.29 is 34.7 Å². The normalized spacial score (nSPS) is 17.1. The number of rotatable bonds is 19. The molecule has 3 unspecified atom stereocenters. The summed E-state index contributed by atoms with van der Waals surface area (Å²) in [6, 6.07) is 13.9. The van der Waals surface area contributed by atoms with E-state index in [9.17, 15) is 25.2 Å². The summed E-state index contributed by atoms with van der Waals surface area (Å²) in [5.41, 5.74) is 4.33. The number of nitrogens with zero attached hydrogens (tertiary/aromatic N) is 2. The number of aliphatic hydroxyl groups excluding tert-OH is 4. The number of halogens is 2. The van der Waals surface area contributed by atoms with E-state index in [0.29, 0.717) is 35.9 Å². The number of hydrogen-bond acceptors (Lipinski definition) is 8. The molecule has 3 aromatic rings. The SMILES string of the molecule is CCC(O)C(O)C(O)CN(CCO)C(=O)CCCCc1cc(Cl)c(COC2(c3cnccc3-c3ccccc3OC3CC3)CC2)cc1Cl. The number of para-hydroxylation sites is 1. The van der Waals surface area contributed by atoms with Gasteiger partial charge in [-0.05, 0) is 92.3 Å². The monoisotopic (exact) mass is 700 g/mol. The summed E-state index contributed by atoms with van der Waals surface area (Å²) in [5.74, 6) is 0.630. The van der Waals surface area contributed by atoms with Crippen LogP contribution < -0.4 is 4.74 Å². The van der Waals surface area contributed by atoms with Crippen molar-refractivity contribution in [3.05, 3.63) is 81.6 Å². The number of aliphatic hydroxyl groups is 4. The highest BCUT2D eigenvalue weighted by Gasteiger charge is 2.48. The van der Waals surface area contributed by atoms with Crippen LogP contribution in [-0.4, -0.2) is 80.3 Å². The van der Waals surface area contributed by atoms with Crippen LogP contribution in [0.4, 0.5) is 0 Å². The third-order valence-corrected chi connectivity index (χ3v) is 9.86. The molecule has 260 valence electrons. The van der Waals surface area contributed by atoms with Crippen LogP contribution in [0.25, 0.3) is 11.1 Å². The number of hydrogen-bond donors (Lipinski definition) is 4. The molecule has 2 saturated carbocycles. The fraction of sp³-hybridized carbons (Fsp3) is 0.514. The van der Waals surface area contributed by atoms with Crippen molar-refractivity contribution in [3.63, 3.8) is 0 Å². The summed E-state index contributed by atoms with van der Waals surface area (Å²) < 4.78 is 12.8. The van der Waals surface area contributed by atoms with Crippen molar-refractivity contribution in [1.29, 1.82) is 0 Å². The molecule has 48 heavy (non-hydrogen) atoms. The Bertz CT molecular complexity index is 1530. The lowest BCUT2D eigenvalue weighted by Crippen LogP contribution is -2.47. The third kappa shape index (κ3) is 9.27. The first-order chi connectivity index (χ1) is 23.2. The fourth-order valence-corrected chi connectivity index (χ4v) is 6.44. The van der Waals surface area contributed by atoms with Gasteiger partial charge in [0.2, 0.25) is 5.91 Å². The smallest absolute Gasteiger partial charge is 0.222 e. The minimum atomic E-state index is -1.37. The van der Waals surface area contributed by atoms with Gasteiger partial charge < -0.3 is 34.8 Å². The molecular formula is C37H46Cl2N2O7. The minimum absolute atomic E-state index is 0.0291. The number of unbranched alkanes of at least 4 members (excludes halogenated alkanes) is 1. The predicted molar refractivity (Wildman–Crippen MR) is 185 cm³/mol. The number of ether oxygens (including phenoxy) is 2. The Hall–Kier alpha value is -2.76. The van der Waals surface area contributed by atoms with Gasteiger partial charge in [-0.2, -0.15) is 0 Å². The van der Waals surface area contributed by atoms with Crippen LogP contribution in [0.15, 0.2) is 54.9 Å². The van der Waals surface area contributed by atoms with Gasteiger partial charge in [-0.25, -0.2) is 0 Å². The lowest BCUT2D eigenvalue weighted by atomic mass is 9.96. The molecule has 3 atom stereocenters. The number of carbonyl (C=O) groups is 1. The Morgan fingerprint density at radius 1 is 1.02 bits per heavy atom. The molecule has 9 nitrogen and oxygen atoms in total. The van der Waals surface area contributed by atoms with E-state index < -0.39 is 23.9 Å². The number of amides is 1. The van der Waals surface area contributed by atoms with E-state index in [0.717, 1.165) is 59.3 Å². The Balaban J connectivity index is 1.16. The number of aromatic nitrogens is 1. The number of pyridine rings is 1. The van der Waals surface area contributed by atoms with E-state index in [2.05, 4.69) is 11.1 Å². The van der Waals surface area contributed by atoms with Crippen LogP contribution in [0.3, 0.4) is 0 Å². The zero-order valence-corrected chi connectivity index (χ0v) is 28.9. The van der Waals surface area contributed by atoms with Gasteiger partial charge in [0.1, 0.15) is 11.9 Å². The molecule has 5 rings (SSSR count). The van der Waals surface area contributed by atoms with Crippen molar-refractivity contribution in [2.24, 2.45) is 0 Å². The molecule has 2 aromatic carbocycles. The van der Waals surface area contributed by atoms with Crippen LogP contribution in [0, 0.1) is 0 Å². The predicted octanol–water partition coefficient (Wildman–Crippen LogP) is 5.83. The van der Waals surface area contributed by atoms with Gasteiger partial charge in [0.05, 0.1) is 37.1 Å². The first kappa shape index (κ1) is 36.5. The van der Waals surface area contributed by atoms with Crippen molar-refractivity contribution >= 4 is 29.1 Å². The maximum Gasteiger partial charge on any atom is 0.222 e. The second kappa shape index (κ2) is 16.8. The summed E-state index contributed by atoms with van der Waals surface area (Å²) >= 11 is 13.4. The largest absolute Gasteiger partial charge is 0.490 e. The van der Waals surface area contributed by atoms with Crippen LogP contribution in [-0.2, 0) is 28.2 Å². The molecule has 0 aliphatic heterocycles. The zero-order chi connectivity index (χ0) is 34.3. The molecule has 1 aromatic heterocycles. The lowest BCUT2D eigenvalue weighted by molar-refractivity contribution is -0.136. The van der Waals surface area contributed by atoms with Gasteiger partial charge in [0, 0.05) is 53.1 Å². The lowest BCUT2D eigenvalue weighted by Gasteiger charge is -2.28. The molecule has 4 N–H and O–H groups in total. The van der Waals surface area contributed by atoms with E-state index in [4.69, 9.17) is 32.7 Å². The summed E-state index contributed by atoms with van der Waals surface area (Å²) in [4.78, 5) is 18.6. The summed E-state index contributed by atoms with van der Waals surface area (Å²) in [7, 11) is 0. The van der Waals surface area contributed by atoms with Crippen molar-refractivity contribution in [2.75, 3.05) is 19.7 Å². The van der Waals surface area contributed by atoms with Crippen LogP contribution in [0.2, 0.25) is 10.0 Å². The Morgan fingerprint density at radius 3 is 2.46 bits per heavy atom. The van der Waals surface area contributed by atoms with E-state index in [1.807, 2.05) is 42.6 Å². The standard InChI is InChI=1S/C37H46Cl2N2O7/c1-2-32(43)36(46)33(44)22-41(17-18-42)35(45)10-6-3-7-24-19-31(39)25(20-30(24)38)23-47-37(14-15-37)29-21-40-16-13-27(29)28-8-4-5-9-34(28)48-26-11-12-26/h4-5,8-9,13,16,19-21,26,32-33,36,42-44,46H,2-3,6-7,10-12,14-15,17-18,22-23H2,1H3. The maximum absolute atomic E-state index is 12.8. The van der Waals surface area contributed by atoms with Crippen LogP contribution in [0.1, 0.15) is 75.0 Å². The van der Waals surface area contributed by atoms with E-state index in [1.54, 1.807) is 13.1 Å². The molecule has 0 spiro atoms. The molecule has 0 radical (unpaired) electrons. The molecule has 2 aliphatic rings. The Morgan fingerprint density at radius 2 is 1.75 bits per heavy atom. The Kier molecular flexibility index (Phi) is 12.8. The quantitative estimate of drug-likeness (QED) is 0.115. The highest BCUT2D eigenvalue weighted by molar-refractivity contribution is 6.34. The molecular weight excluding hydrogens is 655 g/mol. The van der Waals surface area contributed by atoms with Crippen molar-refractivity contribution in [2.45, 2.75) is 101 Å². The highest BCUT2D eigenvalue weighted by atomic mass is 35.5. The van der Waals surface area contributed by atoms with Crippen LogP contribution >= 0.6 is 23.2 Å². The second-order valence-electron chi connectivity index (χ2n) is 12.9. The first-order valence-corrected chi connectivity index (χ1v) is 17.7. The highest BCUT2D eigenvalue weighted by Crippen LogP contribution is 2.53. The third-order valence-electron chi connectivity index (χ3n) is 9.15. The Labute approximate surface area is 292 Å². The first-order valence-electron chi connectivity index (χ1n) is 16.9. The average molecular weight is 702 g/mol. The number of benzene rings is 2. The molecule has 2 fully saturated rings. The molecule has 1 amide bonds. The van der Waals surface area contributed by atoms with Gasteiger partial charge in [-0.1, -0.05) is 48.3 Å². The van der Waals surface area contributed by atoms with Crippen molar-refractivity contribution in [3.8, 4) is 16.9 Å². The second-order valence-corrected chi connectivity index (χ2v) is 13.7. The summed E-state index contributed by atoms with van der Waals surface area (Å²) in [6.45, 7) is 1.56. The van der Waals surface area contributed by atoms with Gasteiger partial charge in [0.25, 0.3) is 0 Å². The minimum Gasteiger partial charge on any atom is -0.490 e. The summed E-state index contributed by atoms with van der Waals surface area (Å²) in [5, 5.41) is 40.7. The number of aryl methyl sites for hydroxylation is 1. The fourth-order valence-electron chi connectivity index (χ4n) is 5.92.